The van der Waals surface area contributed by atoms with Gasteiger partial charge in [0, 0.05) is 12.7 Å². The number of carbonyl (C=O) groups excluding carboxylic acids is 3. The molecule has 1 aliphatic heterocycles. The molecule has 9 heteroatoms. The molecule has 0 saturated carbocycles. The van der Waals surface area contributed by atoms with Gasteiger partial charge >= 0.3 is 5.97 Å². The van der Waals surface area contributed by atoms with Gasteiger partial charge < -0.3 is 10.4 Å². The van der Waals surface area contributed by atoms with Crippen molar-refractivity contribution in [3.8, 4) is 0 Å². The second-order valence-corrected chi connectivity index (χ2v) is 9.57. The van der Waals surface area contributed by atoms with Crippen LogP contribution in [0.3, 0.4) is 0 Å². The number of fused-ring (bicyclic) bond motifs is 2. The maximum atomic E-state index is 13.0. The maximum absolute atomic E-state index is 13.0. The molecule has 0 saturated heterocycles. The molecular formula is C28H30N4O5. The van der Waals surface area contributed by atoms with Crippen molar-refractivity contribution in [2.45, 2.75) is 45.3 Å². The van der Waals surface area contributed by atoms with Crippen LogP contribution < -0.4 is 10.6 Å². The Morgan fingerprint density at radius 3 is 2.11 bits per heavy atom. The highest BCUT2D eigenvalue weighted by Crippen LogP contribution is 2.28. The van der Waals surface area contributed by atoms with E-state index in [1.54, 1.807) is 30.5 Å². The molecule has 2 heterocycles. The molecule has 0 spiro atoms. The van der Waals surface area contributed by atoms with Crippen LogP contribution in [-0.4, -0.2) is 57.3 Å². The fraction of sp³-hybridized carbons (Fsp3) is 0.321. The van der Waals surface area contributed by atoms with E-state index in [1.807, 2.05) is 44.2 Å². The molecule has 0 bridgehead atoms. The molecule has 0 fully saturated rings. The Bertz CT molecular complexity index is 1270. The smallest absolute Gasteiger partial charge is 0.320 e. The number of carboxylic acids is 1. The van der Waals surface area contributed by atoms with Gasteiger partial charge in [0.25, 0.3) is 11.8 Å². The molecule has 2 aromatic carbocycles. The summed E-state index contributed by atoms with van der Waals surface area (Å²) < 4.78 is 0. The number of carboxylic acid groups (broad SMARTS) is 1. The Kier molecular flexibility index (Phi) is 7.93. The zero-order chi connectivity index (χ0) is 26.5. The number of hydrogen-bond donors (Lipinski definition) is 3. The summed E-state index contributed by atoms with van der Waals surface area (Å²) in [5.41, 5.74) is 1.32. The van der Waals surface area contributed by atoms with Crippen LogP contribution in [0.25, 0.3) is 10.8 Å². The van der Waals surface area contributed by atoms with Crippen LogP contribution in [0.2, 0.25) is 0 Å². The number of nitrogens with one attached hydrogen (secondary N) is 2. The van der Waals surface area contributed by atoms with Crippen molar-refractivity contribution in [3.63, 3.8) is 0 Å². The molecule has 0 aliphatic carbocycles. The highest BCUT2D eigenvalue weighted by Gasteiger charge is 2.37. The van der Waals surface area contributed by atoms with E-state index in [4.69, 9.17) is 0 Å². The van der Waals surface area contributed by atoms with Crippen molar-refractivity contribution in [1.82, 2.24) is 20.5 Å². The van der Waals surface area contributed by atoms with Gasteiger partial charge in [0.1, 0.15) is 6.04 Å². The minimum atomic E-state index is -1.16. The fourth-order valence-corrected chi connectivity index (χ4v) is 4.49. The van der Waals surface area contributed by atoms with Crippen molar-refractivity contribution in [2.24, 2.45) is 5.92 Å². The van der Waals surface area contributed by atoms with Crippen LogP contribution in [0.5, 0.6) is 0 Å². The molecule has 0 radical (unpaired) electrons. The number of nitrogens with zero attached hydrogens (tertiary/aromatic N) is 2. The van der Waals surface area contributed by atoms with E-state index >= 15 is 0 Å². The Labute approximate surface area is 214 Å². The van der Waals surface area contributed by atoms with E-state index in [9.17, 15) is 24.3 Å². The van der Waals surface area contributed by atoms with E-state index < -0.39 is 29.9 Å². The van der Waals surface area contributed by atoms with Crippen molar-refractivity contribution in [2.75, 3.05) is 6.54 Å². The lowest BCUT2D eigenvalue weighted by atomic mass is 10.0. The number of rotatable bonds is 11. The van der Waals surface area contributed by atoms with Crippen LogP contribution >= 0.6 is 0 Å². The third kappa shape index (κ3) is 6.00. The monoisotopic (exact) mass is 502 g/mol. The minimum Gasteiger partial charge on any atom is -0.480 e. The van der Waals surface area contributed by atoms with Gasteiger partial charge in [-0.05, 0) is 53.8 Å². The van der Waals surface area contributed by atoms with E-state index in [0.717, 1.165) is 15.7 Å². The van der Waals surface area contributed by atoms with Crippen LogP contribution in [0.15, 0.2) is 60.8 Å². The quantitative estimate of drug-likeness (QED) is 0.344. The predicted octanol–water partition coefficient (Wildman–Crippen LogP) is 2.99. The van der Waals surface area contributed by atoms with Crippen LogP contribution in [0.4, 0.5) is 0 Å². The van der Waals surface area contributed by atoms with Crippen LogP contribution in [0, 0.1) is 5.92 Å². The number of amides is 3. The molecule has 1 aliphatic rings. The highest BCUT2D eigenvalue weighted by atomic mass is 16.4. The zero-order valence-electron chi connectivity index (χ0n) is 20.8. The maximum Gasteiger partial charge on any atom is 0.320 e. The normalized spacial score (nSPS) is 14.6. The molecule has 1 aromatic heterocycles. The van der Waals surface area contributed by atoms with E-state index in [2.05, 4.69) is 15.6 Å². The Balaban J connectivity index is 1.43. The number of aromatic nitrogens is 1. The van der Waals surface area contributed by atoms with Crippen molar-refractivity contribution in [3.05, 3.63) is 77.6 Å². The van der Waals surface area contributed by atoms with Gasteiger partial charge in [0.05, 0.1) is 29.4 Å². The van der Waals surface area contributed by atoms with Gasteiger partial charge in [-0.3, -0.25) is 34.4 Å². The summed E-state index contributed by atoms with van der Waals surface area (Å²) in [5.74, 6) is -2.26. The summed E-state index contributed by atoms with van der Waals surface area (Å²) in [6, 6.07) is 14.3. The van der Waals surface area contributed by atoms with Crippen molar-refractivity contribution >= 4 is 34.5 Å². The summed E-state index contributed by atoms with van der Waals surface area (Å²) in [4.78, 5) is 56.3. The van der Waals surface area contributed by atoms with Gasteiger partial charge in [-0.25, -0.2) is 0 Å². The van der Waals surface area contributed by atoms with E-state index in [1.165, 1.54) is 0 Å². The van der Waals surface area contributed by atoms with Gasteiger partial charge in [-0.2, -0.15) is 0 Å². The van der Waals surface area contributed by atoms with Crippen molar-refractivity contribution < 1.29 is 24.3 Å². The molecule has 4 rings (SSSR count). The number of pyridine rings is 1. The summed E-state index contributed by atoms with van der Waals surface area (Å²) >= 11 is 0. The first kappa shape index (κ1) is 26.0. The second-order valence-electron chi connectivity index (χ2n) is 9.57. The highest BCUT2D eigenvalue weighted by molar-refractivity contribution is 6.23. The Morgan fingerprint density at radius 2 is 1.57 bits per heavy atom. The number of aliphatic carboxylic acids is 1. The molecule has 3 amide bonds. The lowest BCUT2D eigenvalue weighted by molar-refractivity contribution is -0.140. The van der Waals surface area contributed by atoms with Crippen LogP contribution in [-0.2, 0) is 16.1 Å². The number of carbonyl (C=O) groups is 4. The molecule has 2 atom stereocenters. The third-order valence-electron chi connectivity index (χ3n) is 6.37. The van der Waals surface area contributed by atoms with Crippen molar-refractivity contribution in [1.29, 1.82) is 0 Å². The van der Waals surface area contributed by atoms with Gasteiger partial charge in [-0.1, -0.05) is 44.2 Å². The SMILES string of the molecule is CC(C)C[C@H](N[C@H](CCN1C(=O)c2cc3ccccc3cc2C1=O)C(=O)O)C(=O)NCc1ccccn1. The second kappa shape index (κ2) is 11.3. The van der Waals surface area contributed by atoms with Gasteiger partial charge in [0.15, 0.2) is 0 Å². The standard InChI is InChI=1S/C28H30N4O5/c1-17(2)13-24(25(33)30-16-20-9-5-6-11-29-20)31-23(28(36)37)10-12-32-26(34)21-14-18-7-3-4-8-19(18)15-22(21)27(32)35/h3-9,11,14-15,17,23-24,31H,10,12-13,16H2,1-2H3,(H,30,33)(H,36,37)/t23-,24+/m1/s1. The first-order valence-corrected chi connectivity index (χ1v) is 12.3. The fourth-order valence-electron chi connectivity index (χ4n) is 4.49. The molecule has 0 unspecified atom stereocenters. The summed E-state index contributed by atoms with van der Waals surface area (Å²) in [7, 11) is 0. The average Bonchev–Trinajstić information content (AvgIpc) is 3.11. The molecule has 3 N–H and O–H groups in total. The molecule has 37 heavy (non-hydrogen) atoms. The predicted molar refractivity (Wildman–Crippen MR) is 138 cm³/mol. The Morgan fingerprint density at radius 1 is 0.946 bits per heavy atom. The van der Waals surface area contributed by atoms with E-state index in [-0.39, 0.29) is 31.3 Å². The topological polar surface area (TPSA) is 129 Å². The number of hydrogen-bond acceptors (Lipinski definition) is 6. The Hall–Kier alpha value is -4.11. The summed E-state index contributed by atoms with van der Waals surface area (Å²) in [5, 5.41) is 17.3. The number of benzene rings is 2. The largest absolute Gasteiger partial charge is 0.480 e. The lowest BCUT2D eigenvalue weighted by Crippen LogP contribution is -2.52. The molecule has 9 nitrogen and oxygen atoms in total. The van der Waals surface area contributed by atoms with Gasteiger partial charge in [-0.15, -0.1) is 0 Å². The van der Waals surface area contributed by atoms with Gasteiger partial charge in [0.2, 0.25) is 5.91 Å². The van der Waals surface area contributed by atoms with Crippen LogP contribution in [0.1, 0.15) is 53.1 Å². The van der Waals surface area contributed by atoms with E-state index in [0.29, 0.717) is 23.2 Å². The molecular weight excluding hydrogens is 472 g/mol. The third-order valence-corrected chi connectivity index (χ3v) is 6.37. The average molecular weight is 503 g/mol. The number of imide groups is 1. The summed E-state index contributed by atoms with van der Waals surface area (Å²) in [6.07, 6.45) is 2.01. The molecule has 3 aromatic rings. The lowest BCUT2D eigenvalue weighted by Gasteiger charge is -2.25. The first-order chi connectivity index (χ1) is 17.7. The zero-order valence-corrected chi connectivity index (χ0v) is 20.8. The molecule has 192 valence electrons. The summed E-state index contributed by atoms with van der Waals surface area (Å²) in [6.45, 7) is 4.02. The minimum absolute atomic E-state index is 0.0392. The first-order valence-electron chi connectivity index (χ1n) is 12.3.